The van der Waals surface area contributed by atoms with Gasteiger partial charge >= 0.3 is 43.2 Å². The maximum Gasteiger partial charge on any atom is 0.511 e. The molecule has 3 heterocycles. The van der Waals surface area contributed by atoms with E-state index in [2.05, 4.69) is 5.32 Å². The van der Waals surface area contributed by atoms with Gasteiger partial charge in [-0.15, -0.1) is 24.0 Å². The summed E-state index contributed by atoms with van der Waals surface area (Å²) in [5, 5.41) is 2.89. The van der Waals surface area contributed by atoms with Crippen molar-refractivity contribution in [1.82, 2.24) is 24.6 Å². The molecule has 0 unspecified atom stereocenters. The lowest BCUT2D eigenvalue weighted by Gasteiger charge is -2.24. The molecule has 2 aromatic rings. The van der Waals surface area contributed by atoms with Crippen LogP contribution in [-0.2, 0) is 42.7 Å². The van der Waals surface area contributed by atoms with Gasteiger partial charge in [0.15, 0.2) is 0 Å². The SMILES string of the molecule is I.NC[C@@H]1CCCN1C(=O)OCc1ccccc1.O=C(OCc1ccccc1)N1CCC[C@H]1CNS(=O)(=O)C(F)(F)F.O=S(=O)(NC[C@@H]1CCCN1)C(F)(F)F.S. The maximum atomic E-state index is 12.3. The molecule has 5 N–H and O–H groups in total. The average molecular weight is 995 g/mol. The maximum absolute atomic E-state index is 12.3. The first-order chi connectivity index (χ1) is 25.8. The number of ether oxygens (including phenoxy) is 2. The minimum absolute atomic E-state index is 0. The number of halogens is 7. The number of hydrogen-bond donors (Lipinski definition) is 4. The summed E-state index contributed by atoms with van der Waals surface area (Å²) in [5.74, 6) is 0. The van der Waals surface area contributed by atoms with Crippen LogP contribution in [0.15, 0.2) is 60.7 Å². The number of likely N-dealkylation sites (tertiary alicyclic amines) is 2. The van der Waals surface area contributed by atoms with Gasteiger partial charge in [-0.05, 0) is 56.2 Å². The van der Waals surface area contributed by atoms with Crippen molar-refractivity contribution >= 4 is 69.7 Å². The number of sulfonamides is 2. The normalized spacial score (nSPS) is 19.5. The molecule has 326 valence electrons. The van der Waals surface area contributed by atoms with Gasteiger partial charge in [0.05, 0.1) is 0 Å². The molecule has 3 atom stereocenters. The Balaban J connectivity index is 0.000000437. The molecule has 3 aliphatic heterocycles. The van der Waals surface area contributed by atoms with Gasteiger partial charge in [0.25, 0.3) is 0 Å². The minimum Gasteiger partial charge on any atom is -0.445 e. The van der Waals surface area contributed by atoms with Crippen molar-refractivity contribution in [3.8, 4) is 0 Å². The van der Waals surface area contributed by atoms with Gasteiger partial charge in [-0.25, -0.2) is 35.9 Å². The molecule has 0 bridgehead atoms. The molecule has 0 aromatic heterocycles. The minimum atomic E-state index is -5.42. The van der Waals surface area contributed by atoms with Gasteiger partial charge in [0, 0.05) is 50.8 Å². The molecular formula is C33H49F6IN6O8S3. The molecule has 0 aliphatic carbocycles. The zero-order chi connectivity index (χ0) is 40.7. The highest BCUT2D eigenvalue weighted by Gasteiger charge is 2.47. The Bertz CT molecular complexity index is 1710. The molecule has 57 heavy (non-hydrogen) atoms. The molecule has 3 aliphatic rings. The third-order valence-corrected chi connectivity index (χ3v) is 11.0. The molecule has 2 amide bonds. The van der Waals surface area contributed by atoms with E-state index in [9.17, 15) is 52.8 Å². The summed E-state index contributed by atoms with van der Waals surface area (Å²) in [7, 11) is -10.6. The molecule has 3 saturated heterocycles. The van der Waals surface area contributed by atoms with Crippen molar-refractivity contribution < 1.29 is 62.2 Å². The van der Waals surface area contributed by atoms with E-state index in [1.54, 1.807) is 29.2 Å². The summed E-state index contributed by atoms with van der Waals surface area (Å²) in [4.78, 5) is 26.9. The Labute approximate surface area is 352 Å². The van der Waals surface area contributed by atoms with E-state index >= 15 is 0 Å². The molecular weight excluding hydrogens is 945 g/mol. The average Bonchev–Trinajstić information content (AvgIpc) is 3.94. The number of nitrogens with zero attached hydrogens (tertiary/aromatic N) is 2. The van der Waals surface area contributed by atoms with Crippen LogP contribution in [0.3, 0.4) is 0 Å². The van der Waals surface area contributed by atoms with Crippen LogP contribution in [0.4, 0.5) is 35.9 Å². The van der Waals surface area contributed by atoms with E-state index in [-0.39, 0.29) is 68.8 Å². The van der Waals surface area contributed by atoms with E-state index in [0.29, 0.717) is 39.0 Å². The predicted octanol–water partition coefficient (Wildman–Crippen LogP) is 4.88. The lowest BCUT2D eigenvalue weighted by molar-refractivity contribution is -0.0454. The number of carbonyl (C=O) groups excluding carboxylic acids is 2. The second kappa shape index (κ2) is 24.5. The lowest BCUT2D eigenvalue weighted by Crippen LogP contribution is -2.46. The number of hydrogen-bond acceptors (Lipinski definition) is 10. The Morgan fingerprint density at radius 3 is 1.53 bits per heavy atom. The predicted molar refractivity (Wildman–Crippen MR) is 215 cm³/mol. The summed E-state index contributed by atoms with van der Waals surface area (Å²) in [6, 6.07) is 17.9. The van der Waals surface area contributed by atoms with Crippen LogP contribution in [0.25, 0.3) is 0 Å². The van der Waals surface area contributed by atoms with Gasteiger partial charge in [-0.2, -0.15) is 39.8 Å². The Morgan fingerprint density at radius 1 is 0.702 bits per heavy atom. The molecule has 2 aromatic carbocycles. The first kappa shape index (κ1) is 52.4. The number of nitrogens with two attached hydrogens (primary N) is 1. The fourth-order valence-electron chi connectivity index (χ4n) is 5.72. The monoisotopic (exact) mass is 994 g/mol. The number of benzene rings is 2. The van der Waals surface area contributed by atoms with Crippen LogP contribution >= 0.6 is 37.5 Å². The van der Waals surface area contributed by atoms with E-state index < -0.39 is 49.7 Å². The number of amides is 2. The number of rotatable bonds is 11. The lowest BCUT2D eigenvalue weighted by atomic mass is 10.2. The first-order valence-electron chi connectivity index (χ1n) is 17.3. The number of nitrogens with one attached hydrogen (secondary N) is 3. The molecule has 24 heteroatoms. The van der Waals surface area contributed by atoms with Gasteiger partial charge in [0.1, 0.15) is 13.2 Å². The van der Waals surface area contributed by atoms with Crippen molar-refractivity contribution in [3.05, 3.63) is 71.8 Å². The highest BCUT2D eigenvalue weighted by molar-refractivity contribution is 14.0. The fourth-order valence-corrected chi connectivity index (χ4v) is 6.88. The van der Waals surface area contributed by atoms with Crippen molar-refractivity contribution in [2.24, 2.45) is 5.73 Å². The zero-order valence-electron chi connectivity index (χ0n) is 30.6. The summed E-state index contributed by atoms with van der Waals surface area (Å²) < 4.78 is 129. The summed E-state index contributed by atoms with van der Waals surface area (Å²) >= 11 is 0. The van der Waals surface area contributed by atoms with Crippen molar-refractivity contribution in [3.63, 3.8) is 0 Å². The summed E-state index contributed by atoms with van der Waals surface area (Å²) in [6.45, 7) is 1.97. The highest BCUT2D eigenvalue weighted by Crippen LogP contribution is 2.24. The van der Waals surface area contributed by atoms with Gasteiger partial charge < -0.3 is 30.3 Å². The van der Waals surface area contributed by atoms with E-state index in [1.165, 1.54) is 14.3 Å². The molecule has 0 spiro atoms. The Morgan fingerprint density at radius 2 is 1.12 bits per heavy atom. The second-order valence-corrected chi connectivity index (χ2v) is 16.2. The standard InChI is InChI=1S/C14H17F3N2O4S.C13H18N2O2.C6H11F3N2O2S.HI.H2S/c15-14(16,17)24(21,22)18-9-12-7-4-8-19(12)13(20)23-10-11-5-2-1-3-6-11;14-9-12-7-4-8-15(12)13(16)17-10-11-5-2-1-3-6-11;7-6(8,9)14(12,13)11-4-5-2-1-3-10-5;;/h1-3,5-6,12,18H,4,7-10H2;1-3,5-6,12H,4,7-10,14H2;5,10-11H,1-4H2;1H;1H2/t2*12-;5-;;/m000../s1. The third-order valence-electron chi connectivity index (χ3n) is 8.71. The molecule has 0 radical (unpaired) electrons. The molecule has 0 saturated carbocycles. The van der Waals surface area contributed by atoms with Crippen LogP contribution in [-0.4, -0.2) is 107 Å². The fraction of sp³-hybridized carbons (Fsp3) is 0.576. The zero-order valence-corrected chi connectivity index (χ0v) is 35.6. The quantitative estimate of drug-likeness (QED) is 0.179. The third kappa shape index (κ3) is 17.3. The second-order valence-electron chi connectivity index (χ2n) is 12.7. The van der Waals surface area contributed by atoms with E-state index in [1.807, 2.05) is 36.4 Å². The Hall–Kier alpha value is -2.62. The van der Waals surface area contributed by atoms with Crippen molar-refractivity contribution in [1.29, 1.82) is 0 Å². The molecule has 14 nitrogen and oxygen atoms in total. The van der Waals surface area contributed by atoms with Crippen LogP contribution in [0.1, 0.15) is 49.7 Å². The first-order valence-corrected chi connectivity index (χ1v) is 20.3. The van der Waals surface area contributed by atoms with Crippen molar-refractivity contribution in [2.75, 3.05) is 39.3 Å². The Kier molecular flexibility index (Phi) is 22.5. The van der Waals surface area contributed by atoms with Crippen molar-refractivity contribution in [2.45, 2.75) is 80.9 Å². The topological polar surface area (TPSA) is 189 Å². The van der Waals surface area contributed by atoms with Crippen LogP contribution in [0, 0.1) is 0 Å². The summed E-state index contributed by atoms with van der Waals surface area (Å²) in [5.41, 5.74) is -3.19. The largest absolute Gasteiger partial charge is 0.511 e. The van der Waals surface area contributed by atoms with Gasteiger partial charge in [0.2, 0.25) is 0 Å². The molecule has 5 rings (SSSR count). The number of alkyl halides is 6. The van der Waals surface area contributed by atoms with Crippen LogP contribution < -0.4 is 20.5 Å². The van der Waals surface area contributed by atoms with Gasteiger partial charge in [-0.3, -0.25) is 0 Å². The number of carbonyl (C=O) groups is 2. The van der Waals surface area contributed by atoms with Gasteiger partial charge in [-0.1, -0.05) is 60.7 Å². The van der Waals surface area contributed by atoms with Crippen LogP contribution in [0.5, 0.6) is 0 Å². The van der Waals surface area contributed by atoms with Crippen LogP contribution in [0.2, 0.25) is 0 Å². The van der Waals surface area contributed by atoms with E-state index in [4.69, 9.17) is 15.2 Å². The van der Waals surface area contributed by atoms with E-state index in [0.717, 1.165) is 43.5 Å². The summed E-state index contributed by atoms with van der Waals surface area (Å²) in [6.07, 6.45) is 3.60. The highest BCUT2D eigenvalue weighted by atomic mass is 127. The molecule has 3 fully saturated rings. The smallest absolute Gasteiger partial charge is 0.445 e.